The summed E-state index contributed by atoms with van der Waals surface area (Å²) in [5.41, 5.74) is 0.806. The summed E-state index contributed by atoms with van der Waals surface area (Å²) < 4.78 is 33.8. The van der Waals surface area contributed by atoms with Gasteiger partial charge in [0.2, 0.25) is 5.84 Å². The largest absolute Gasteiger partial charge is 0.478 e. The van der Waals surface area contributed by atoms with Crippen LogP contribution in [0.2, 0.25) is 0 Å². The number of amidine groups is 1. The van der Waals surface area contributed by atoms with E-state index < -0.39 is 10.2 Å². The van der Waals surface area contributed by atoms with E-state index in [1.165, 1.54) is 7.11 Å². The molecule has 0 fully saturated rings. The van der Waals surface area contributed by atoms with Gasteiger partial charge in [-0.2, -0.15) is 8.42 Å². The van der Waals surface area contributed by atoms with Gasteiger partial charge in [0.1, 0.15) is 0 Å². The highest BCUT2D eigenvalue weighted by Crippen LogP contribution is 2.36. The molecule has 7 heteroatoms. The van der Waals surface area contributed by atoms with Crippen LogP contribution in [-0.2, 0) is 14.9 Å². The second kappa shape index (κ2) is 5.48. The molecule has 1 aliphatic heterocycles. The number of benzene rings is 1. The molecule has 2 rings (SSSR count). The van der Waals surface area contributed by atoms with Crippen molar-refractivity contribution in [3.63, 3.8) is 0 Å². The maximum Gasteiger partial charge on any atom is 0.347 e. The van der Waals surface area contributed by atoms with Gasteiger partial charge in [0.15, 0.2) is 0 Å². The zero-order valence-electron chi connectivity index (χ0n) is 12.5. The van der Waals surface area contributed by atoms with E-state index in [4.69, 9.17) is 4.74 Å². The third kappa shape index (κ3) is 3.60. The number of aliphatic imine (C=N–C) groups is 1. The first kappa shape index (κ1) is 15.5. The third-order valence-electron chi connectivity index (χ3n) is 3.02. The topological polar surface area (TPSA) is 80.1 Å². The molecule has 114 valence electrons. The lowest BCUT2D eigenvalue weighted by atomic mass is 9.83. The minimum atomic E-state index is -3.75. The predicted molar refractivity (Wildman–Crippen MR) is 82.6 cm³/mol. The van der Waals surface area contributed by atoms with Crippen LogP contribution in [0.5, 0.6) is 0 Å². The Bertz CT molecular complexity index is 673. The van der Waals surface area contributed by atoms with Crippen molar-refractivity contribution >= 4 is 21.9 Å². The van der Waals surface area contributed by atoms with E-state index in [0.29, 0.717) is 0 Å². The Hall–Kier alpha value is -1.89. The molecule has 1 N–H and O–H groups in total. The average molecular weight is 309 g/mol. The fraction of sp³-hybridized carbons (Fsp3) is 0.429. The standard InChI is InChI=1S/C14H19N3O3S/c1-14(2,3)11(10-8-6-5-7-9-10)15-12-13(20-4)17-21(18,19)16-12/h5-9,11H,1-4H3,(H,15,16)/t11-/m0/s1. The van der Waals surface area contributed by atoms with Crippen molar-refractivity contribution in [3.8, 4) is 0 Å². The highest BCUT2D eigenvalue weighted by atomic mass is 32.2. The Morgan fingerprint density at radius 1 is 1.24 bits per heavy atom. The van der Waals surface area contributed by atoms with E-state index in [-0.39, 0.29) is 23.2 Å². The number of nitrogens with zero attached hydrogens (tertiary/aromatic N) is 2. The second-order valence-electron chi connectivity index (χ2n) is 5.83. The Balaban J connectivity index is 2.46. The van der Waals surface area contributed by atoms with Crippen molar-refractivity contribution in [3.05, 3.63) is 35.9 Å². The number of methoxy groups -OCH3 is 1. The lowest BCUT2D eigenvalue weighted by molar-refractivity contribution is 0.328. The summed E-state index contributed by atoms with van der Waals surface area (Å²) in [4.78, 5) is 4.54. The minimum Gasteiger partial charge on any atom is -0.478 e. The number of rotatable bonds is 2. The lowest BCUT2D eigenvalue weighted by Crippen LogP contribution is -2.30. The van der Waals surface area contributed by atoms with Crippen LogP contribution >= 0.6 is 0 Å². The maximum absolute atomic E-state index is 11.5. The summed E-state index contributed by atoms with van der Waals surface area (Å²) in [6.07, 6.45) is 0. The van der Waals surface area contributed by atoms with E-state index in [0.717, 1.165) is 5.56 Å². The Morgan fingerprint density at radius 2 is 1.86 bits per heavy atom. The van der Waals surface area contributed by atoms with E-state index >= 15 is 0 Å². The Kier molecular flexibility index (Phi) is 4.04. The van der Waals surface area contributed by atoms with Crippen LogP contribution in [0.1, 0.15) is 32.4 Å². The van der Waals surface area contributed by atoms with Gasteiger partial charge in [0.05, 0.1) is 13.2 Å². The van der Waals surface area contributed by atoms with Crippen LogP contribution in [0.4, 0.5) is 0 Å². The summed E-state index contributed by atoms with van der Waals surface area (Å²) in [6, 6.07) is 9.49. The molecule has 1 aromatic carbocycles. The normalized spacial score (nSPS) is 20.8. The zero-order valence-corrected chi connectivity index (χ0v) is 13.3. The van der Waals surface area contributed by atoms with Crippen LogP contribution in [0.3, 0.4) is 0 Å². The van der Waals surface area contributed by atoms with Crippen LogP contribution < -0.4 is 4.72 Å². The smallest absolute Gasteiger partial charge is 0.347 e. The first-order valence-corrected chi connectivity index (χ1v) is 7.97. The molecule has 0 radical (unpaired) electrons. The molecule has 0 saturated carbocycles. The van der Waals surface area contributed by atoms with Gasteiger partial charge >= 0.3 is 10.2 Å². The van der Waals surface area contributed by atoms with Gasteiger partial charge in [-0.15, -0.1) is 4.40 Å². The molecule has 6 nitrogen and oxygen atoms in total. The van der Waals surface area contributed by atoms with Crippen molar-refractivity contribution in [1.82, 2.24) is 4.72 Å². The molecular weight excluding hydrogens is 290 g/mol. The van der Waals surface area contributed by atoms with Gasteiger partial charge in [0.25, 0.3) is 5.90 Å². The third-order valence-corrected chi connectivity index (χ3v) is 3.88. The van der Waals surface area contributed by atoms with Gasteiger partial charge in [-0.25, -0.2) is 4.72 Å². The summed E-state index contributed by atoms with van der Waals surface area (Å²) in [5.74, 6) is 0.126. The summed E-state index contributed by atoms with van der Waals surface area (Å²) in [6.45, 7) is 6.13. The van der Waals surface area contributed by atoms with Crippen molar-refractivity contribution < 1.29 is 13.2 Å². The van der Waals surface area contributed by atoms with E-state index in [1.54, 1.807) is 0 Å². The highest BCUT2D eigenvalue weighted by Gasteiger charge is 2.32. The minimum absolute atomic E-state index is 0.0137. The van der Waals surface area contributed by atoms with Gasteiger partial charge < -0.3 is 4.74 Å². The quantitative estimate of drug-likeness (QED) is 0.908. The zero-order chi connectivity index (χ0) is 15.7. The van der Waals surface area contributed by atoms with Crippen LogP contribution in [0.25, 0.3) is 0 Å². The first-order chi connectivity index (χ1) is 9.73. The number of ether oxygens (including phenoxy) is 1. The molecule has 1 atom stereocenters. The molecule has 1 aromatic rings. The Morgan fingerprint density at radius 3 is 2.38 bits per heavy atom. The van der Waals surface area contributed by atoms with Crippen molar-refractivity contribution in [2.24, 2.45) is 14.8 Å². The number of nitrogens with one attached hydrogen (secondary N) is 1. The average Bonchev–Trinajstić information content (AvgIpc) is 2.70. The number of hydrogen-bond acceptors (Lipinski definition) is 4. The van der Waals surface area contributed by atoms with Crippen LogP contribution in [0, 0.1) is 5.41 Å². The molecule has 0 aromatic heterocycles. The van der Waals surface area contributed by atoms with Gasteiger partial charge in [-0.1, -0.05) is 51.1 Å². The van der Waals surface area contributed by atoms with E-state index in [2.05, 4.69) is 14.1 Å². The fourth-order valence-electron chi connectivity index (χ4n) is 2.09. The molecule has 0 amide bonds. The SMILES string of the molecule is COC1=NS(=O)(=O)NC1=N[C@@H](c1ccccc1)C(C)(C)C. The molecule has 0 aliphatic carbocycles. The maximum atomic E-state index is 11.5. The molecule has 0 unspecified atom stereocenters. The van der Waals surface area contributed by atoms with Gasteiger partial charge in [0, 0.05) is 0 Å². The highest BCUT2D eigenvalue weighted by molar-refractivity contribution is 7.89. The molecule has 0 saturated heterocycles. The van der Waals surface area contributed by atoms with Gasteiger partial charge in [-0.3, -0.25) is 4.99 Å². The van der Waals surface area contributed by atoms with Crippen molar-refractivity contribution in [1.29, 1.82) is 0 Å². The van der Waals surface area contributed by atoms with E-state index in [9.17, 15) is 8.42 Å². The summed E-state index contributed by atoms with van der Waals surface area (Å²) >= 11 is 0. The molecule has 0 bridgehead atoms. The molecule has 1 aliphatic rings. The predicted octanol–water partition coefficient (Wildman–Crippen LogP) is 2.07. The second-order valence-corrected chi connectivity index (χ2v) is 7.17. The first-order valence-electron chi connectivity index (χ1n) is 6.53. The summed E-state index contributed by atoms with van der Waals surface area (Å²) in [7, 11) is -2.38. The molecule has 21 heavy (non-hydrogen) atoms. The van der Waals surface area contributed by atoms with Crippen molar-refractivity contribution in [2.75, 3.05) is 7.11 Å². The fourth-order valence-corrected chi connectivity index (χ4v) is 2.90. The van der Waals surface area contributed by atoms with Crippen LogP contribution in [-0.4, -0.2) is 27.3 Å². The molecule has 0 spiro atoms. The molecular formula is C14H19N3O3S. The van der Waals surface area contributed by atoms with E-state index in [1.807, 2.05) is 51.1 Å². The monoisotopic (exact) mass is 309 g/mol. The number of hydrogen-bond donors (Lipinski definition) is 1. The summed E-state index contributed by atoms with van der Waals surface area (Å²) in [5, 5.41) is 0. The Labute approximate surface area is 125 Å². The van der Waals surface area contributed by atoms with Gasteiger partial charge in [-0.05, 0) is 11.0 Å². The van der Waals surface area contributed by atoms with Crippen LogP contribution in [0.15, 0.2) is 39.7 Å². The van der Waals surface area contributed by atoms with Crippen molar-refractivity contribution in [2.45, 2.75) is 26.8 Å². The molecule has 1 heterocycles. The lowest BCUT2D eigenvalue weighted by Gasteiger charge is -2.28.